The predicted molar refractivity (Wildman–Crippen MR) is 158 cm³/mol. The average molecular weight is 575 g/mol. The largest absolute Gasteiger partial charge is 0.453 e. The minimum Gasteiger partial charge on any atom is -0.453 e. The highest BCUT2D eigenvalue weighted by molar-refractivity contribution is 5.95. The number of rotatable bonds is 11. The molecule has 1 aromatic carbocycles. The van der Waals surface area contributed by atoms with Crippen molar-refractivity contribution < 1.29 is 29.0 Å². The Bertz CT molecular complexity index is 1050. The van der Waals surface area contributed by atoms with E-state index in [9.17, 15) is 19.5 Å². The summed E-state index contributed by atoms with van der Waals surface area (Å²) in [4.78, 5) is 40.2. The quantitative estimate of drug-likeness (QED) is 0.318. The zero-order valence-electron chi connectivity index (χ0n) is 25.6. The molecule has 0 saturated heterocycles. The van der Waals surface area contributed by atoms with Gasteiger partial charge >= 0.3 is 6.09 Å². The van der Waals surface area contributed by atoms with Crippen LogP contribution in [0.25, 0.3) is 0 Å². The van der Waals surface area contributed by atoms with Gasteiger partial charge in [-0.25, -0.2) is 4.79 Å². The zero-order chi connectivity index (χ0) is 30.4. The summed E-state index contributed by atoms with van der Waals surface area (Å²) in [7, 11) is 3.05. The first-order valence-electron chi connectivity index (χ1n) is 14.7. The molecule has 41 heavy (non-hydrogen) atoms. The van der Waals surface area contributed by atoms with E-state index < -0.39 is 29.1 Å². The normalized spacial score (nSPS) is 22.7. The average Bonchev–Trinajstić information content (AvgIpc) is 2.94. The van der Waals surface area contributed by atoms with Gasteiger partial charge in [-0.05, 0) is 61.5 Å². The molecule has 0 radical (unpaired) electrons. The Hall–Kier alpha value is -2.69. The molecule has 10 heteroatoms. The van der Waals surface area contributed by atoms with E-state index in [-0.39, 0.29) is 42.8 Å². The molecule has 1 aliphatic carbocycles. The molecule has 0 spiro atoms. The summed E-state index contributed by atoms with van der Waals surface area (Å²) in [6, 6.07) is 6.79. The highest BCUT2D eigenvalue weighted by Gasteiger charge is 2.39. The van der Waals surface area contributed by atoms with Crippen molar-refractivity contribution in [3.05, 3.63) is 29.8 Å². The lowest BCUT2D eigenvalue weighted by Crippen LogP contribution is -2.51. The topological polar surface area (TPSA) is 143 Å². The van der Waals surface area contributed by atoms with Gasteiger partial charge in [0.1, 0.15) is 0 Å². The summed E-state index contributed by atoms with van der Waals surface area (Å²) in [5.41, 5.74) is 7.13. The number of nitrogens with zero attached hydrogens (tertiary/aromatic N) is 1. The molecule has 5 N–H and O–H groups in total. The maximum absolute atomic E-state index is 13.6. The molecule has 2 aliphatic rings. The van der Waals surface area contributed by atoms with E-state index in [4.69, 9.17) is 15.2 Å². The minimum absolute atomic E-state index is 0.0568. The van der Waals surface area contributed by atoms with Gasteiger partial charge in [-0.3, -0.25) is 9.59 Å². The van der Waals surface area contributed by atoms with Gasteiger partial charge in [-0.1, -0.05) is 45.9 Å². The van der Waals surface area contributed by atoms with Crippen LogP contribution in [0.2, 0.25) is 0 Å². The summed E-state index contributed by atoms with van der Waals surface area (Å²) in [6.07, 6.45) is 3.75. The molecule has 0 aromatic heterocycles. The molecular weight excluding hydrogens is 524 g/mol. The van der Waals surface area contributed by atoms with Crippen LogP contribution in [0.3, 0.4) is 0 Å². The fourth-order valence-corrected chi connectivity index (χ4v) is 6.29. The predicted octanol–water partition coefficient (Wildman–Crippen LogP) is 3.14. The van der Waals surface area contributed by atoms with Crippen molar-refractivity contribution in [2.24, 2.45) is 22.5 Å². The van der Waals surface area contributed by atoms with Crippen molar-refractivity contribution in [3.63, 3.8) is 0 Å². The number of fused-ring (bicyclic) bond motifs is 1. The number of alkyl carbamates (subject to hydrolysis) is 1. The van der Waals surface area contributed by atoms with Crippen molar-refractivity contribution in [2.45, 2.75) is 96.9 Å². The lowest BCUT2D eigenvalue weighted by atomic mass is 9.70. The highest BCUT2D eigenvalue weighted by atomic mass is 16.5. The molecule has 10 nitrogen and oxygen atoms in total. The van der Waals surface area contributed by atoms with Crippen molar-refractivity contribution in [1.82, 2.24) is 10.6 Å². The molecule has 1 saturated carbocycles. The minimum atomic E-state index is -0.947. The van der Waals surface area contributed by atoms with Crippen LogP contribution in [0.5, 0.6) is 0 Å². The SMILES string of the molecule is COC(=O)NC1Cc2ccccc2N(C(=O)CC(C)(C)C[C@H](N)[C@@H](O)CNC(=O)C(C)(C)C2CCC(OC)CC2)C1. The van der Waals surface area contributed by atoms with E-state index >= 15 is 0 Å². The molecule has 1 aliphatic heterocycles. The van der Waals surface area contributed by atoms with Gasteiger partial charge in [0.2, 0.25) is 11.8 Å². The number of para-hydroxylation sites is 1. The van der Waals surface area contributed by atoms with Gasteiger partial charge in [0.25, 0.3) is 0 Å². The van der Waals surface area contributed by atoms with Crippen LogP contribution in [0.15, 0.2) is 24.3 Å². The second kappa shape index (κ2) is 14.0. The molecule has 0 bridgehead atoms. The van der Waals surface area contributed by atoms with Crippen molar-refractivity contribution >= 4 is 23.6 Å². The fraction of sp³-hybridized carbons (Fsp3) is 0.710. The lowest BCUT2D eigenvalue weighted by molar-refractivity contribution is -0.134. The first kappa shape index (κ1) is 32.8. The number of nitrogens with one attached hydrogen (secondary N) is 2. The summed E-state index contributed by atoms with van der Waals surface area (Å²) >= 11 is 0. The number of carbonyl (C=O) groups is 3. The van der Waals surface area contributed by atoms with Crippen molar-refractivity contribution in [2.75, 3.05) is 32.2 Å². The van der Waals surface area contributed by atoms with E-state index in [1.54, 1.807) is 12.0 Å². The van der Waals surface area contributed by atoms with E-state index in [1.807, 2.05) is 52.0 Å². The van der Waals surface area contributed by atoms with E-state index in [0.29, 0.717) is 19.4 Å². The summed E-state index contributed by atoms with van der Waals surface area (Å²) < 4.78 is 10.2. The number of carbonyl (C=O) groups excluding carboxylic acids is 3. The number of methoxy groups -OCH3 is 2. The molecular formula is C31H50N4O6. The molecule has 1 fully saturated rings. The second-order valence-corrected chi connectivity index (χ2v) is 13.1. The Morgan fingerprint density at radius 1 is 1.10 bits per heavy atom. The summed E-state index contributed by atoms with van der Waals surface area (Å²) in [5, 5.41) is 16.6. The number of anilines is 1. The van der Waals surface area contributed by atoms with Gasteiger partial charge < -0.3 is 35.8 Å². The number of benzene rings is 1. The standard InChI is InChI=1S/C31H50N4O6/c1-30(2,17-27(37)35-19-22(34-29(39)41-6)15-20-9-7-8-10-25(20)35)16-24(32)26(36)18-33-28(38)31(3,4)21-11-13-23(40-5)14-12-21/h7-10,21-24,26,36H,11-19,32H2,1-6H3,(H,33,38)(H,34,39)/t21?,22?,23?,24-,26-/m0/s1. The van der Waals surface area contributed by atoms with E-state index in [2.05, 4.69) is 10.6 Å². The molecule has 1 aromatic rings. The van der Waals surface area contributed by atoms with Crippen LogP contribution in [-0.4, -0.2) is 74.6 Å². The van der Waals surface area contributed by atoms with E-state index in [1.165, 1.54) is 7.11 Å². The number of nitrogens with two attached hydrogens (primary N) is 1. The van der Waals surface area contributed by atoms with Crippen molar-refractivity contribution in [3.8, 4) is 0 Å². The van der Waals surface area contributed by atoms with Crippen LogP contribution in [0.1, 0.15) is 71.8 Å². The molecule has 3 amide bonds. The number of aliphatic hydroxyl groups is 1. The Kier molecular flexibility index (Phi) is 11.2. The molecule has 1 heterocycles. The monoisotopic (exact) mass is 574 g/mol. The third-order valence-electron chi connectivity index (χ3n) is 8.96. The number of ether oxygens (including phenoxy) is 2. The second-order valence-electron chi connectivity index (χ2n) is 13.1. The van der Waals surface area contributed by atoms with Gasteiger partial charge in [0.15, 0.2) is 0 Å². The number of amides is 3. The smallest absolute Gasteiger partial charge is 0.407 e. The van der Waals surface area contributed by atoms with Gasteiger partial charge in [0, 0.05) is 43.8 Å². The first-order chi connectivity index (χ1) is 19.3. The first-order valence-corrected chi connectivity index (χ1v) is 14.7. The zero-order valence-corrected chi connectivity index (χ0v) is 25.6. The van der Waals surface area contributed by atoms with Crippen molar-refractivity contribution in [1.29, 1.82) is 0 Å². The molecule has 3 rings (SSSR count). The van der Waals surface area contributed by atoms with Crippen LogP contribution in [-0.2, 0) is 25.5 Å². The maximum atomic E-state index is 13.6. The molecule has 3 atom stereocenters. The van der Waals surface area contributed by atoms with Gasteiger partial charge in [0.05, 0.1) is 25.4 Å². The Morgan fingerprint density at radius 3 is 2.39 bits per heavy atom. The Balaban J connectivity index is 1.54. The van der Waals surface area contributed by atoms with Crippen LogP contribution in [0, 0.1) is 16.7 Å². The number of hydrogen-bond donors (Lipinski definition) is 4. The fourth-order valence-electron chi connectivity index (χ4n) is 6.29. The maximum Gasteiger partial charge on any atom is 0.407 e. The third-order valence-corrected chi connectivity index (χ3v) is 8.96. The van der Waals surface area contributed by atoms with Gasteiger partial charge in [-0.15, -0.1) is 0 Å². The van der Waals surface area contributed by atoms with Crippen LogP contribution in [0.4, 0.5) is 10.5 Å². The summed E-state index contributed by atoms with van der Waals surface area (Å²) in [6.45, 7) is 8.23. The highest BCUT2D eigenvalue weighted by Crippen LogP contribution is 2.39. The number of aliphatic hydroxyl groups excluding tert-OH is 1. The summed E-state index contributed by atoms with van der Waals surface area (Å²) in [5.74, 6) is 0.0867. The Morgan fingerprint density at radius 2 is 1.76 bits per heavy atom. The molecule has 1 unspecified atom stereocenters. The number of hydrogen-bond acceptors (Lipinski definition) is 7. The Labute approximate surface area is 244 Å². The molecule has 230 valence electrons. The van der Waals surface area contributed by atoms with Crippen LogP contribution < -0.4 is 21.3 Å². The van der Waals surface area contributed by atoms with Gasteiger partial charge in [-0.2, -0.15) is 0 Å². The van der Waals surface area contributed by atoms with Crippen LogP contribution >= 0.6 is 0 Å². The third kappa shape index (κ3) is 8.66. The van der Waals surface area contributed by atoms with E-state index in [0.717, 1.165) is 36.9 Å². The lowest BCUT2D eigenvalue weighted by Gasteiger charge is -2.38.